The normalized spacial score (nSPS) is 11.1. The van der Waals surface area contributed by atoms with Crippen LogP contribution in [0.1, 0.15) is 35.8 Å². The SMILES string of the molecule is CC(C)C(NC(=O)c1ccc2c(=C(C#N)C#N)c3ccccc3c(=C(C#N)C#N)c2c1)c1ccccc1. The van der Waals surface area contributed by atoms with E-state index < -0.39 is 0 Å². The van der Waals surface area contributed by atoms with Crippen molar-refractivity contribution in [2.24, 2.45) is 5.92 Å². The standard InChI is InChI=1S/C31H21N5O/c1-19(2)30(20-8-4-3-5-9-20)36-31(37)21-12-13-26-27(14-21)29(23(17-34)18-35)25-11-7-6-10-24(25)28(26)22(15-32)16-33/h3-14,19,30H,1-2H3,(H,36,37). The van der Waals surface area contributed by atoms with E-state index in [1.807, 2.05) is 68.5 Å². The van der Waals surface area contributed by atoms with Crippen molar-refractivity contribution in [2.75, 3.05) is 0 Å². The maximum atomic E-state index is 13.4. The highest BCUT2D eigenvalue weighted by Crippen LogP contribution is 2.23. The van der Waals surface area contributed by atoms with E-state index >= 15 is 0 Å². The van der Waals surface area contributed by atoms with Gasteiger partial charge in [-0.15, -0.1) is 0 Å². The minimum atomic E-state index is -0.314. The molecule has 6 nitrogen and oxygen atoms in total. The lowest BCUT2D eigenvalue weighted by Gasteiger charge is -2.23. The summed E-state index contributed by atoms with van der Waals surface area (Å²) in [6, 6.07) is 29.3. The van der Waals surface area contributed by atoms with Crippen LogP contribution in [0.25, 0.3) is 32.7 Å². The molecule has 1 atom stereocenters. The van der Waals surface area contributed by atoms with Crippen molar-refractivity contribution in [2.45, 2.75) is 19.9 Å². The molecule has 0 saturated heterocycles. The summed E-state index contributed by atoms with van der Waals surface area (Å²) in [6.07, 6.45) is 0. The molecule has 0 spiro atoms. The van der Waals surface area contributed by atoms with Gasteiger partial charge in [-0.2, -0.15) is 21.0 Å². The summed E-state index contributed by atoms with van der Waals surface area (Å²) in [5, 5.41) is 44.8. The van der Waals surface area contributed by atoms with E-state index in [4.69, 9.17) is 0 Å². The van der Waals surface area contributed by atoms with E-state index in [-0.39, 0.29) is 29.0 Å². The molecule has 0 aliphatic rings. The van der Waals surface area contributed by atoms with Crippen molar-refractivity contribution in [3.8, 4) is 24.3 Å². The predicted molar refractivity (Wildman–Crippen MR) is 141 cm³/mol. The number of carbonyl (C=O) groups is 1. The molecule has 4 aromatic carbocycles. The maximum absolute atomic E-state index is 13.4. The molecule has 176 valence electrons. The molecule has 0 heterocycles. The molecule has 0 aliphatic carbocycles. The predicted octanol–water partition coefficient (Wildman–Crippen LogP) is 4.52. The second-order valence-corrected chi connectivity index (χ2v) is 8.86. The number of nitriles is 4. The zero-order chi connectivity index (χ0) is 26.5. The Labute approximate surface area is 214 Å². The van der Waals surface area contributed by atoms with Crippen LogP contribution in [-0.2, 0) is 0 Å². The molecule has 0 aromatic heterocycles. The summed E-state index contributed by atoms with van der Waals surface area (Å²) in [6.45, 7) is 4.05. The Morgan fingerprint density at radius 3 is 1.68 bits per heavy atom. The lowest BCUT2D eigenvalue weighted by Crippen LogP contribution is -2.32. The van der Waals surface area contributed by atoms with Gasteiger partial charge in [0.2, 0.25) is 0 Å². The van der Waals surface area contributed by atoms with Gasteiger partial charge in [-0.1, -0.05) is 74.5 Å². The van der Waals surface area contributed by atoms with Crippen LogP contribution in [0.4, 0.5) is 0 Å². The minimum absolute atomic E-state index is 0.0932. The van der Waals surface area contributed by atoms with Gasteiger partial charge in [-0.05, 0) is 45.2 Å². The Bertz CT molecular complexity index is 1810. The zero-order valence-electron chi connectivity index (χ0n) is 20.3. The minimum Gasteiger partial charge on any atom is -0.345 e. The summed E-state index contributed by atoms with van der Waals surface area (Å²) < 4.78 is 0. The van der Waals surface area contributed by atoms with Gasteiger partial charge in [0.25, 0.3) is 5.91 Å². The first kappa shape index (κ1) is 24.7. The number of nitrogens with one attached hydrogen (secondary N) is 1. The Kier molecular flexibility index (Phi) is 6.97. The second kappa shape index (κ2) is 10.5. The smallest absolute Gasteiger partial charge is 0.251 e. The van der Waals surface area contributed by atoms with E-state index in [1.54, 1.807) is 42.5 Å². The summed E-state index contributed by atoms with van der Waals surface area (Å²) in [5.74, 6) is -0.191. The number of amides is 1. The van der Waals surface area contributed by atoms with Crippen LogP contribution < -0.4 is 15.8 Å². The van der Waals surface area contributed by atoms with E-state index in [0.29, 0.717) is 37.5 Å². The van der Waals surface area contributed by atoms with Gasteiger partial charge in [0.1, 0.15) is 35.4 Å². The van der Waals surface area contributed by atoms with E-state index in [9.17, 15) is 25.8 Å². The van der Waals surface area contributed by atoms with Crippen LogP contribution in [0.3, 0.4) is 0 Å². The molecular weight excluding hydrogens is 458 g/mol. The zero-order valence-corrected chi connectivity index (χ0v) is 20.3. The third-order valence-corrected chi connectivity index (χ3v) is 6.35. The number of benzene rings is 4. The Balaban J connectivity index is 2.06. The molecular formula is C31H21N5O. The molecule has 1 N–H and O–H groups in total. The van der Waals surface area contributed by atoms with Crippen LogP contribution in [0, 0.1) is 51.2 Å². The number of rotatable bonds is 4. The van der Waals surface area contributed by atoms with Crippen molar-refractivity contribution < 1.29 is 4.79 Å². The molecule has 6 heteroatoms. The first-order valence-corrected chi connectivity index (χ1v) is 11.6. The number of hydrogen-bond acceptors (Lipinski definition) is 5. The van der Waals surface area contributed by atoms with Gasteiger partial charge in [0, 0.05) is 16.0 Å². The molecule has 4 aromatic rings. The highest BCUT2D eigenvalue weighted by atomic mass is 16.1. The quantitative estimate of drug-likeness (QED) is 0.431. The fraction of sp³-hybridized carbons (Fsp3) is 0.129. The maximum Gasteiger partial charge on any atom is 0.251 e. The molecule has 0 bridgehead atoms. The average Bonchev–Trinajstić information content (AvgIpc) is 2.93. The van der Waals surface area contributed by atoms with Crippen LogP contribution in [0.5, 0.6) is 0 Å². The number of hydrogen-bond donors (Lipinski definition) is 1. The Morgan fingerprint density at radius 2 is 1.16 bits per heavy atom. The number of carbonyl (C=O) groups excluding carboxylic acids is 1. The number of fused-ring (bicyclic) bond motifs is 2. The molecule has 4 rings (SSSR count). The molecule has 0 aliphatic heterocycles. The molecule has 1 unspecified atom stereocenters. The van der Waals surface area contributed by atoms with E-state index in [0.717, 1.165) is 5.56 Å². The van der Waals surface area contributed by atoms with Gasteiger partial charge >= 0.3 is 0 Å². The summed E-state index contributed by atoms with van der Waals surface area (Å²) >= 11 is 0. The molecule has 1 amide bonds. The lowest BCUT2D eigenvalue weighted by atomic mass is 9.92. The van der Waals surface area contributed by atoms with Gasteiger partial charge in [-0.25, -0.2) is 0 Å². The first-order valence-electron chi connectivity index (χ1n) is 11.6. The third-order valence-electron chi connectivity index (χ3n) is 6.35. The highest BCUT2D eigenvalue weighted by Gasteiger charge is 2.20. The van der Waals surface area contributed by atoms with E-state index in [1.165, 1.54) is 0 Å². The average molecular weight is 480 g/mol. The summed E-state index contributed by atoms with van der Waals surface area (Å²) in [4.78, 5) is 13.4. The molecule has 0 fully saturated rings. The largest absolute Gasteiger partial charge is 0.345 e. The van der Waals surface area contributed by atoms with Crippen LogP contribution in [0.2, 0.25) is 0 Å². The number of nitrogens with zero attached hydrogens (tertiary/aromatic N) is 4. The Hall–Kier alpha value is -5.43. The van der Waals surface area contributed by atoms with E-state index in [2.05, 4.69) is 5.32 Å². The summed E-state index contributed by atoms with van der Waals surface area (Å²) in [7, 11) is 0. The lowest BCUT2D eigenvalue weighted by molar-refractivity contribution is 0.0925. The van der Waals surface area contributed by atoms with Crippen molar-refractivity contribution in [1.29, 1.82) is 21.0 Å². The van der Waals surface area contributed by atoms with Crippen molar-refractivity contribution in [3.05, 3.63) is 94.4 Å². The fourth-order valence-corrected chi connectivity index (χ4v) is 4.65. The van der Waals surface area contributed by atoms with Crippen molar-refractivity contribution in [3.63, 3.8) is 0 Å². The van der Waals surface area contributed by atoms with Crippen LogP contribution >= 0.6 is 0 Å². The molecule has 0 radical (unpaired) electrons. The monoisotopic (exact) mass is 479 g/mol. The van der Waals surface area contributed by atoms with Gasteiger partial charge in [0.05, 0.1) is 6.04 Å². The van der Waals surface area contributed by atoms with Gasteiger partial charge < -0.3 is 5.32 Å². The van der Waals surface area contributed by atoms with Crippen molar-refractivity contribution in [1.82, 2.24) is 5.32 Å². The topological polar surface area (TPSA) is 124 Å². The van der Waals surface area contributed by atoms with Gasteiger partial charge in [-0.3, -0.25) is 4.79 Å². The second-order valence-electron chi connectivity index (χ2n) is 8.86. The Morgan fingerprint density at radius 1 is 0.676 bits per heavy atom. The van der Waals surface area contributed by atoms with Crippen LogP contribution in [0.15, 0.2) is 72.8 Å². The first-order chi connectivity index (χ1) is 17.9. The van der Waals surface area contributed by atoms with Crippen LogP contribution in [-0.4, -0.2) is 5.91 Å². The highest BCUT2D eigenvalue weighted by molar-refractivity contribution is 6.08. The summed E-state index contributed by atoms with van der Waals surface area (Å²) in [5.41, 5.74) is 1.10. The molecule has 37 heavy (non-hydrogen) atoms. The fourth-order valence-electron chi connectivity index (χ4n) is 4.65. The van der Waals surface area contributed by atoms with Crippen molar-refractivity contribution >= 4 is 38.6 Å². The third kappa shape index (κ3) is 4.49. The van der Waals surface area contributed by atoms with Gasteiger partial charge in [0.15, 0.2) is 0 Å². The molecule has 0 saturated carbocycles.